The molecule has 22 heavy (non-hydrogen) atoms. The van der Waals surface area contributed by atoms with Gasteiger partial charge in [0.1, 0.15) is 5.75 Å². The van der Waals surface area contributed by atoms with Gasteiger partial charge in [0.25, 0.3) is 0 Å². The van der Waals surface area contributed by atoms with Crippen LogP contribution in [0, 0.1) is 0 Å². The summed E-state index contributed by atoms with van der Waals surface area (Å²) in [5.74, 6) is -0.0347. The number of amides is 2. The van der Waals surface area contributed by atoms with Crippen molar-refractivity contribution in [2.45, 2.75) is 6.92 Å². The van der Waals surface area contributed by atoms with Gasteiger partial charge in [-0.1, -0.05) is 0 Å². The minimum Gasteiger partial charge on any atom is -0.507 e. The van der Waals surface area contributed by atoms with Gasteiger partial charge in [-0.2, -0.15) is 10.2 Å². The number of ether oxygens (including phenoxy) is 2. The van der Waals surface area contributed by atoms with Crippen LogP contribution in [-0.2, 0) is 9.47 Å². The molecule has 0 aliphatic carbocycles. The molecule has 2 amide bonds. The molecule has 0 aromatic heterocycles. The molecule has 0 fully saturated rings. The van der Waals surface area contributed by atoms with Gasteiger partial charge in [-0.25, -0.2) is 20.4 Å². The molecule has 0 spiro atoms. The van der Waals surface area contributed by atoms with Gasteiger partial charge in [0, 0.05) is 5.56 Å². The fraction of sp³-hybridized carbons (Fsp3) is 0.231. The van der Waals surface area contributed by atoms with Crippen molar-refractivity contribution in [1.82, 2.24) is 10.9 Å². The molecule has 0 heterocycles. The molecule has 118 valence electrons. The normalized spacial score (nSPS) is 10.6. The highest BCUT2D eigenvalue weighted by atomic mass is 16.6. The van der Waals surface area contributed by atoms with E-state index in [4.69, 9.17) is 0 Å². The van der Waals surface area contributed by atoms with Crippen LogP contribution in [0.5, 0.6) is 5.75 Å². The number of methoxy groups -OCH3 is 1. The standard InChI is InChI=1S/C13H16N4O5/c1-3-22-13(20)17-15-8-10-6-9(4-5-11(10)18)7-14-16-12(19)21-2/h4-8,18H,3H2,1-2H3,(H,16,19)(H,17,20). The van der Waals surface area contributed by atoms with Gasteiger partial charge in [-0.15, -0.1) is 0 Å². The molecule has 0 aliphatic rings. The summed E-state index contributed by atoms with van der Waals surface area (Å²) >= 11 is 0. The largest absolute Gasteiger partial charge is 0.507 e. The number of hydrogen-bond acceptors (Lipinski definition) is 7. The number of carbonyl (C=O) groups excluding carboxylic acids is 2. The van der Waals surface area contributed by atoms with Crippen molar-refractivity contribution in [3.05, 3.63) is 29.3 Å². The lowest BCUT2D eigenvalue weighted by atomic mass is 10.1. The summed E-state index contributed by atoms with van der Waals surface area (Å²) in [6.07, 6.45) is 1.21. The Labute approximate surface area is 126 Å². The Bertz CT molecular complexity index is 586. The predicted octanol–water partition coefficient (Wildman–Crippen LogP) is 1.16. The van der Waals surface area contributed by atoms with Gasteiger partial charge in [-0.3, -0.25) is 0 Å². The maximum absolute atomic E-state index is 11.0. The summed E-state index contributed by atoms with van der Waals surface area (Å²) in [6, 6.07) is 4.55. The molecule has 9 heteroatoms. The summed E-state index contributed by atoms with van der Waals surface area (Å²) in [4.78, 5) is 21.9. The number of carbonyl (C=O) groups is 2. The second kappa shape index (κ2) is 8.95. The number of hydrogen-bond donors (Lipinski definition) is 3. The number of phenolic OH excluding ortho intramolecular Hbond substituents is 1. The van der Waals surface area contributed by atoms with Gasteiger partial charge in [0.15, 0.2) is 0 Å². The Kier molecular flexibility index (Phi) is 6.90. The number of rotatable bonds is 5. The molecule has 1 aromatic rings. The average Bonchev–Trinajstić information content (AvgIpc) is 2.50. The fourth-order valence-corrected chi connectivity index (χ4v) is 1.28. The number of benzene rings is 1. The lowest BCUT2D eigenvalue weighted by molar-refractivity contribution is 0.152. The van der Waals surface area contributed by atoms with E-state index in [9.17, 15) is 14.7 Å². The summed E-state index contributed by atoms with van der Waals surface area (Å²) < 4.78 is 8.97. The predicted molar refractivity (Wildman–Crippen MR) is 79.0 cm³/mol. The minimum atomic E-state index is -0.699. The van der Waals surface area contributed by atoms with E-state index in [0.29, 0.717) is 11.1 Å². The molecule has 1 aromatic carbocycles. The first-order valence-corrected chi connectivity index (χ1v) is 6.22. The molecule has 1 rings (SSSR count). The Morgan fingerprint density at radius 1 is 1.23 bits per heavy atom. The van der Waals surface area contributed by atoms with E-state index >= 15 is 0 Å². The topological polar surface area (TPSA) is 122 Å². The Morgan fingerprint density at radius 2 is 1.91 bits per heavy atom. The van der Waals surface area contributed by atoms with Gasteiger partial charge in [0.05, 0.1) is 26.1 Å². The maximum Gasteiger partial charge on any atom is 0.427 e. The fourth-order valence-electron chi connectivity index (χ4n) is 1.28. The highest BCUT2D eigenvalue weighted by molar-refractivity contribution is 5.89. The highest BCUT2D eigenvalue weighted by Gasteiger charge is 2.01. The summed E-state index contributed by atoms with van der Waals surface area (Å²) in [6.45, 7) is 1.89. The second-order valence-corrected chi connectivity index (χ2v) is 3.77. The molecule has 3 N–H and O–H groups in total. The SMILES string of the molecule is CCOC(=O)NN=Cc1cc(C=NNC(=O)OC)ccc1O. The van der Waals surface area contributed by atoms with Crippen LogP contribution in [-0.4, -0.2) is 43.4 Å². The number of hydrazone groups is 2. The van der Waals surface area contributed by atoms with Crippen LogP contribution in [0.1, 0.15) is 18.1 Å². The van der Waals surface area contributed by atoms with Crippen LogP contribution in [0.4, 0.5) is 9.59 Å². The quantitative estimate of drug-likeness (QED) is 0.556. The van der Waals surface area contributed by atoms with E-state index in [1.165, 1.54) is 25.6 Å². The van der Waals surface area contributed by atoms with Crippen molar-refractivity contribution >= 4 is 24.6 Å². The van der Waals surface area contributed by atoms with Gasteiger partial charge in [-0.05, 0) is 30.7 Å². The first kappa shape index (κ1) is 17.0. The molecule has 0 atom stereocenters. The zero-order valence-corrected chi connectivity index (χ0v) is 12.1. The van der Waals surface area contributed by atoms with Crippen molar-refractivity contribution in [2.24, 2.45) is 10.2 Å². The van der Waals surface area contributed by atoms with Gasteiger partial charge >= 0.3 is 12.2 Å². The van der Waals surface area contributed by atoms with Crippen LogP contribution >= 0.6 is 0 Å². The van der Waals surface area contributed by atoms with Gasteiger partial charge in [0.2, 0.25) is 0 Å². The summed E-state index contributed by atoms with van der Waals surface area (Å²) in [5, 5.41) is 17.0. The summed E-state index contributed by atoms with van der Waals surface area (Å²) in [5.41, 5.74) is 5.20. The average molecular weight is 308 g/mol. The number of phenols is 1. The molecule has 0 bridgehead atoms. The van der Waals surface area contributed by atoms with Crippen molar-refractivity contribution in [3.63, 3.8) is 0 Å². The van der Waals surface area contributed by atoms with Crippen LogP contribution in [0.2, 0.25) is 0 Å². The zero-order chi connectivity index (χ0) is 16.4. The Balaban J connectivity index is 2.71. The molecular formula is C13H16N4O5. The monoisotopic (exact) mass is 308 g/mol. The van der Waals surface area contributed by atoms with E-state index in [2.05, 4.69) is 30.5 Å². The lowest BCUT2D eigenvalue weighted by Crippen LogP contribution is -2.18. The van der Waals surface area contributed by atoms with Crippen LogP contribution in [0.3, 0.4) is 0 Å². The lowest BCUT2D eigenvalue weighted by Gasteiger charge is -2.02. The number of nitrogens with zero attached hydrogens (tertiary/aromatic N) is 2. The Morgan fingerprint density at radius 3 is 2.59 bits per heavy atom. The highest BCUT2D eigenvalue weighted by Crippen LogP contribution is 2.15. The van der Waals surface area contributed by atoms with E-state index in [1.807, 2.05) is 0 Å². The molecule has 0 radical (unpaired) electrons. The second-order valence-electron chi connectivity index (χ2n) is 3.77. The first-order chi connectivity index (χ1) is 10.6. The zero-order valence-electron chi connectivity index (χ0n) is 12.1. The molecule has 0 saturated heterocycles. The molecule has 0 saturated carbocycles. The third-order valence-corrected chi connectivity index (χ3v) is 2.24. The molecule has 0 aliphatic heterocycles. The van der Waals surface area contributed by atoms with Crippen molar-refractivity contribution in [3.8, 4) is 5.75 Å². The third-order valence-electron chi connectivity index (χ3n) is 2.24. The number of nitrogens with one attached hydrogen (secondary N) is 2. The Hall–Kier alpha value is -3.10. The third kappa shape index (κ3) is 5.90. The minimum absolute atomic E-state index is 0.0347. The van der Waals surface area contributed by atoms with Crippen molar-refractivity contribution in [1.29, 1.82) is 0 Å². The smallest absolute Gasteiger partial charge is 0.427 e. The van der Waals surface area contributed by atoms with Crippen molar-refractivity contribution < 1.29 is 24.2 Å². The molecular weight excluding hydrogens is 292 g/mol. The van der Waals surface area contributed by atoms with Gasteiger partial charge < -0.3 is 14.6 Å². The van der Waals surface area contributed by atoms with Crippen LogP contribution in [0.15, 0.2) is 28.4 Å². The molecule has 0 unspecified atom stereocenters. The molecule has 9 nitrogen and oxygen atoms in total. The maximum atomic E-state index is 11.0. The number of aromatic hydroxyl groups is 1. The van der Waals surface area contributed by atoms with E-state index < -0.39 is 12.2 Å². The first-order valence-electron chi connectivity index (χ1n) is 6.22. The van der Waals surface area contributed by atoms with E-state index in [1.54, 1.807) is 19.1 Å². The van der Waals surface area contributed by atoms with E-state index in [0.717, 1.165) is 0 Å². The van der Waals surface area contributed by atoms with Crippen LogP contribution < -0.4 is 10.9 Å². The summed E-state index contributed by atoms with van der Waals surface area (Å²) in [7, 11) is 1.22. The van der Waals surface area contributed by atoms with Crippen molar-refractivity contribution in [2.75, 3.05) is 13.7 Å². The van der Waals surface area contributed by atoms with E-state index in [-0.39, 0.29) is 12.4 Å². The van der Waals surface area contributed by atoms with Crippen LogP contribution in [0.25, 0.3) is 0 Å².